The second kappa shape index (κ2) is 5.00. The van der Waals surface area contributed by atoms with Crippen LogP contribution in [0, 0.1) is 0 Å². The fourth-order valence-electron chi connectivity index (χ4n) is 0.714. The van der Waals surface area contributed by atoms with Gasteiger partial charge in [-0.2, -0.15) is 0 Å². The first-order chi connectivity index (χ1) is 5.84. The summed E-state index contributed by atoms with van der Waals surface area (Å²) in [7, 11) is 0. The molecule has 2 N–H and O–H groups in total. The number of nitrogens with two attached hydrogens (primary N) is 1. The minimum absolute atomic E-state index is 0.644. The first-order valence-electron chi connectivity index (χ1n) is 3.74. The Morgan fingerprint density at radius 3 is 3.17 bits per heavy atom. The third kappa shape index (κ3) is 2.71. The lowest BCUT2D eigenvalue weighted by atomic mass is 10.4. The van der Waals surface area contributed by atoms with Crippen LogP contribution in [0.15, 0.2) is 23.4 Å². The summed E-state index contributed by atoms with van der Waals surface area (Å²) in [5.41, 5.74) is 6.37. The normalized spacial score (nSPS) is 10.1. The Bertz CT molecular complexity index is 242. The smallest absolute Gasteiger partial charge is 0.0967 e. The van der Waals surface area contributed by atoms with Gasteiger partial charge in [0.2, 0.25) is 0 Å². The number of ether oxygens (including phenoxy) is 1. The number of hydrogen-bond acceptors (Lipinski definition) is 4. The topological polar surface area (TPSA) is 48.1 Å². The molecule has 0 bridgehead atoms. The van der Waals surface area contributed by atoms with E-state index in [1.165, 1.54) is 0 Å². The summed E-state index contributed by atoms with van der Waals surface area (Å²) < 4.78 is 5.18. The van der Waals surface area contributed by atoms with E-state index in [-0.39, 0.29) is 0 Å². The highest BCUT2D eigenvalue weighted by Crippen LogP contribution is 2.22. The van der Waals surface area contributed by atoms with Crippen LogP contribution in [0.1, 0.15) is 6.92 Å². The van der Waals surface area contributed by atoms with Gasteiger partial charge >= 0.3 is 0 Å². The second-order valence-electron chi connectivity index (χ2n) is 2.17. The predicted octanol–water partition coefficient (Wildman–Crippen LogP) is 1.75. The lowest BCUT2D eigenvalue weighted by molar-refractivity contribution is 0.199. The quantitative estimate of drug-likeness (QED) is 0.440. The summed E-state index contributed by atoms with van der Waals surface area (Å²) in [6, 6.07) is 1.89. The molecular formula is C8H12N2OS. The molecule has 0 atom stereocenters. The van der Waals surface area contributed by atoms with Crippen LogP contribution in [-0.2, 0) is 4.74 Å². The van der Waals surface area contributed by atoms with Gasteiger partial charge in [0.25, 0.3) is 0 Å². The van der Waals surface area contributed by atoms with E-state index in [2.05, 4.69) is 4.98 Å². The Balaban J connectivity index is 2.46. The summed E-state index contributed by atoms with van der Waals surface area (Å²) in [6.07, 6.45) is 3.37. The molecular weight excluding hydrogens is 172 g/mol. The van der Waals surface area contributed by atoms with Gasteiger partial charge in [0.05, 0.1) is 17.8 Å². The van der Waals surface area contributed by atoms with Crippen LogP contribution >= 0.6 is 11.8 Å². The molecule has 0 aliphatic heterocycles. The van der Waals surface area contributed by atoms with E-state index in [4.69, 9.17) is 10.5 Å². The molecule has 12 heavy (non-hydrogen) atoms. The van der Waals surface area contributed by atoms with Crippen LogP contribution in [0.25, 0.3) is 0 Å². The SMILES string of the molecule is CCOCSc1ccncc1N. The van der Waals surface area contributed by atoms with Gasteiger partial charge in [-0.25, -0.2) is 0 Å². The van der Waals surface area contributed by atoms with Crippen LogP contribution in [0.4, 0.5) is 5.69 Å². The Hall–Kier alpha value is -0.740. The lowest BCUT2D eigenvalue weighted by Crippen LogP contribution is -1.92. The number of hydrogen-bond donors (Lipinski definition) is 1. The van der Waals surface area contributed by atoms with Crippen molar-refractivity contribution in [1.82, 2.24) is 4.98 Å². The standard InChI is InChI=1S/C8H12N2OS/c1-2-11-6-12-8-3-4-10-5-7(8)9/h3-5H,2,6,9H2,1H3. The summed E-state index contributed by atoms with van der Waals surface area (Å²) in [5, 5.41) is 0. The summed E-state index contributed by atoms with van der Waals surface area (Å²) in [5.74, 6) is 0.644. The van der Waals surface area contributed by atoms with E-state index in [0.29, 0.717) is 11.6 Å². The van der Waals surface area contributed by atoms with Gasteiger partial charge in [0.15, 0.2) is 0 Å². The molecule has 1 aromatic heterocycles. The molecule has 0 spiro atoms. The molecule has 1 aromatic rings. The van der Waals surface area contributed by atoms with Crippen molar-refractivity contribution in [1.29, 1.82) is 0 Å². The van der Waals surface area contributed by atoms with Gasteiger partial charge in [-0.3, -0.25) is 4.98 Å². The molecule has 0 radical (unpaired) electrons. The summed E-state index contributed by atoms with van der Waals surface area (Å²) in [6.45, 7) is 2.70. The molecule has 0 unspecified atom stereocenters. The summed E-state index contributed by atoms with van der Waals surface area (Å²) in [4.78, 5) is 4.92. The molecule has 0 saturated heterocycles. The number of nitrogens with zero attached hydrogens (tertiary/aromatic N) is 1. The maximum atomic E-state index is 5.66. The van der Waals surface area contributed by atoms with Crippen molar-refractivity contribution < 1.29 is 4.74 Å². The van der Waals surface area contributed by atoms with Crippen molar-refractivity contribution in [2.75, 3.05) is 18.3 Å². The minimum atomic E-state index is 0.644. The zero-order chi connectivity index (χ0) is 8.81. The van der Waals surface area contributed by atoms with Crippen molar-refractivity contribution in [2.45, 2.75) is 11.8 Å². The Labute approximate surface area is 76.3 Å². The van der Waals surface area contributed by atoms with Gasteiger partial charge < -0.3 is 10.5 Å². The average molecular weight is 184 g/mol. The number of anilines is 1. The molecule has 0 fully saturated rings. The van der Waals surface area contributed by atoms with E-state index in [1.54, 1.807) is 24.2 Å². The number of aromatic nitrogens is 1. The van der Waals surface area contributed by atoms with Gasteiger partial charge in [-0.05, 0) is 13.0 Å². The highest BCUT2D eigenvalue weighted by atomic mass is 32.2. The van der Waals surface area contributed by atoms with Gasteiger partial charge in [0, 0.05) is 17.7 Å². The number of thioether (sulfide) groups is 1. The fourth-order valence-corrected chi connectivity index (χ4v) is 1.47. The average Bonchev–Trinajstić information content (AvgIpc) is 2.09. The number of rotatable bonds is 4. The van der Waals surface area contributed by atoms with Crippen molar-refractivity contribution in [3.63, 3.8) is 0 Å². The van der Waals surface area contributed by atoms with Crippen molar-refractivity contribution in [3.8, 4) is 0 Å². The molecule has 3 nitrogen and oxygen atoms in total. The zero-order valence-corrected chi connectivity index (χ0v) is 7.80. The van der Waals surface area contributed by atoms with E-state index in [1.807, 2.05) is 13.0 Å². The van der Waals surface area contributed by atoms with E-state index in [9.17, 15) is 0 Å². The van der Waals surface area contributed by atoms with Crippen LogP contribution in [0.5, 0.6) is 0 Å². The molecule has 66 valence electrons. The molecule has 1 rings (SSSR count). The summed E-state index contributed by atoms with van der Waals surface area (Å²) >= 11 is 1.58. The predicted molar refractivity (Wildman–Crippen MR) is 51.0 cm³/mol. The third-order valence-electron chi connectivity index (χ3n) is 1.31. The van der Waals surface area contributed by atoms with Crippen molar-refractivity contribution in [2.24, 2.45) is 0 Å². The number of nitrogen functional groups attached to an aromatic ring is 1. The Kier molecular flexibility index (Phi) is 3.90. The lowest BCUT2D eigenvalue weighted by Gasteiger charge is -2.03. The van der Waals surface area contributed by atoms with Crippen molar-refractivity contribution in [3.05, 3.63) is 18.5 Å². The molecule has 0 amide bonds. The molecule has 0 aromatic carbocycles. The monoisotopic (exact) mass is 184 g/mol. The van der Waals surface area contributed by atoms with Crippen molar-refractivity contribution >= 4 is 17.4 Å². The van der Waals surface area contributed by atoms with Crippen LogP contribution in [-0.4, -0.2) is 17.5 Å². The zero-order valence-electron chi connectivity index (χ0n) is 6.99. The maximum absolute atomic E-state index is 5.66. The Morgan fingerprint density at radius 1 is 1.67 bits per heavy atom. The first kappa shape index (κ1) is 9.35. The minimum Gasteiger partial charge on any atom is -0.397 e. The maximum Gasteiger partial charge on any atom is 0.0967 e. The van der Waals surface area contributed by atoms with Crippen LogP contribution in [0.2, 0.25) is 0 Å². The Morgan fingerprint density at radius 2 is 2.50 bits per heavy atom. The van der Waals surface area contributed by atoms with Gasteiger partial charge in [-0.1, -0.05) is 11.8 Å². The largest absolute Gasteiger partial charge is 0.397 e. The molecule has 4 heteroatoms. The number of pyridine rings is 1. The molecule has 0 saturated carbocycles. The molecule has 0 aliphatic carbocycles. The van der Waals surface area contributed by atoms with E-state index < -0.39 is 0 Å². The molecule has 1 heterocycles. The van der Waals surface area contributed by atoms with Crippen LogP contribution < -0.4 is 5.73 Å². The van der Waals surface area contributed by atoms with Gasteiger partial charge in [0.1, 0.15) is 0 Å². The second-order valence-corrected chi connectivity index (χ2v) is 3.13. The van der Waals surface area contributed by atoms with Gasteiger partial charge in [-0.15, -0.1) is 0 Å². The fraction of sp³-hybridized carbons (Fsp3) is 0.375. The highest BCUT2D eigenvalue weighted by molar-refractivity contribution is 7.99. The van der Waals surface area contributed by atoms with E-state index in [0.717, 1.165) is 11.5 Å². The van der Waals surface area contributed by atoms with E-state index >= 15 is 0 Å². The molecule has 0 aliphatic rings. The third-order valence-corrected chi connectivity index (χ3v) is 2.28. The first-order valence-corrected chi connectivity index (χ1v) is 4.73. The highest BCUT2D eigenvalue weighted by Gasteiger charge is 1.97. The van der Waals surface area contributed by atoms with Crippen LogP contribution in [0.3, 0.4) is 0 Å².